The predicted molar refractivity (Wildman–Crippen MR) is 68.9 cm³/mol. The molecule has 18 heavy (non-hydrogen) atoms. The minimum absolute atomic E-state index is 0.0717. The molecule has 0 aliphatic rings. The summed E-state index contributed by atoms with van der Waals surface area (Å²) in [5.74, 6) is 0. The van der Waals surface area contributed by atoms with Crippen LogP contribution in [0, 0.1) is 13.8 Å². The molecular weight excluding hydrogens is 254 g/mol. The molecule has 0 radical (unpaired) electrons. The van der Waals surface area contributed by atoms with Gasteiger partial charge in [0.05, 0.1) is 11.4 Å². The van der Waals surface area contributed by atoms with Crippen LogP contribution in [-0.2, 0) is 19.5 Å². The maximum absolute atomic E-state index is 12.0. The smallest absolute Gasteiger partial charge is 0.240 e. The van der Waals surface area contributed by atoms with Crippen molar-refractivity contribution in [3.63, 3.8) is 0 Å². The molecule has 0 spiro atoms. The molecule has 0 heterocycles. The normalized spacial score (nSPS) is 12.1. The number of nitrogens with one attached hydrogen (secondary N) is 1. The Morgan fingerprint density at radius 1 is 1.17 bits per heavy atom. The number of hydrogen-bond acceptors (Lipinski definition) is 4. The Hall–Kier alpha value is -0.950. The molecular formula is C12H19NO4S. The molecule has 102 valence electrons. The number of sulfonamides is 1. The number of ether oxygens (including phenoxy) is 2. The fourth-order valence-corrected chi connectivity index (χ4v) is 2.51. The van der Waals surface area contributed by atoms with Crippen LogP contribution in [0.1, 0.15) is 11.1 Å². The Labute approximate surface area is 108 Å². The highest BCUT2D eigenvalue weighted by Gasteiger charge is 2.16. The van der Waals surface area contributed by atoms with Crippen molar-refractivity contribution in [1.82, 2.24) is 4.72 Å². The van der Waals surface area contributed by atoms with Gasteiger partial charge in [-0.3, -0.25) is 0 Å². The van der Waals surface area contributed by atoms with E-state index in [-0.39, 0.29) is 11.4 Å². The molecule has 0 saturated carbocycles. The van der Waals surface area contributed by atoms with Crippen LogP contribution in [0.4, 0.5) is 0 Å². The molecule has 5 nitrogen and oxygen atoms in total. The van der Waals surface area contributed by atoms with Crippen LogP contribution in [0.15, 0.2) is 23.1 Å². The Balaban J connectivity index is 2.83. The van der Waals surface area contributed by atoms with Gasteiger partial charge in [0.15, 0.2) is 6.29 Å². The third-order valence-electron chi connectivity index (χ3n) is 2.75. The average Bonchev–Trinajstić information content (AvgIpc) is 2.33. The van der Waals surface area contributed by atoms with E-state index >= 15 is 0 Å². The summed E-state index contributed by atoms with van der Waals surface area (Å²) in [6, 6.07) is 5.01. The van der Waals surface area contributed by atoms with Gasteiger partial charge in [-0.05, 0) is 37.1 Å². The van der Waals surface area contributed by atoms with E-state index in [1.165, 1.54) is 14.2 Å². The minimum atomic E-state index is -3.52. The maximum atomic E-state index is 12.0. The topological polar surface area (TPSA) is 64.6 Å². The SMILES string of the molecule is COC(CNS(=O)(=O)c1ccc(C)c(C)c1)OC. The Kier molecular flexibility index (Phi) is 5.28. The summed E-state index contributed by atoms with van der Waals surface area (Å²) < 4.78 is 36.3. The van der Waals surface area contributed by atoms with Gasteiger partial charge in [-0.15, -0.1) is 0 Å². The van der Waals surface area contributed by atoms with Gasteiger partial charge in [0, 0.05) is 14.2 Å². The van der Waals surface area contributed by atoms with E-state index in [2.05, 4.69) is 4.72 Å². The summed E-state index contributed by atoms with van der Waals surface area (Å²) in [4.78, 5) is 0.247. The summed E-state index contributed by atoms with van der Waals surface area (Å²) >= 11 is 0. The number of benzene rings is 1. The fourth-order valence-electron chi connectivity index (χ4n) is 1.41. The summed E-state index contributed by atoms with van der Waals surface area (Å²) in [5.41, 5.74) is 1.99. The molecule has 6 heteroatoms. The largest absolute Gasteiger partial charge is 0.355 e. The summed E-state index contributed by atoms with van der Waals surface area (Å²) in [6.45, 7) is 3.88. The van der Waals surface area contributed by atoms with Crippen LogP contribution in [0.2, 0.25) is 0 Å². The first-order valence-corrected chi connectivity index (χ1v) is 7.01. The Morgan fingerprint density at radius 2 is 1.78 bits per heavy atom. The zero-order chi connectivity index (χ0) is 13.8. The van der Waals surface area contributed by atoms with Crippen LogP contribution in [0.3, 0.4) is 0 Å². The lowest BCUT2D eigenvalue weighted by atomic mass is 10.1. The molecule has 0 amide bonds. The molecule has 0 aromatic heterocycles. The quantitative estimate of drug-likeness (QED) is 0.791. The van der Waals surface area contributed by atoms with Crippen molar-refractivity contribution < 1.29 is 17.9 Å². The zero-order valence-electron chi connectivity index (χ0n) is 11.1. The van der Waals surface area contributed by atoms with Gasteiger partial charge in [0.1, 0.15) is 0 Å². The van der Waals surface area contributed by atoms with Crippen molar-refractivity contribution in [2.75, 3.05) is 20.8 Å². The van der Waals surface area contributed by atoms with E-state index in [0.717, 1.165) is 11.1 Å². The minimum Gasteiger partial charge on any atom is -0.355 e. The average molecular weight is 273 g/mol. The number of methoxy groups -OCH3 is 2. The van der Waals surface area contributed by atoms with Gasteiger partial charge in [-0.1, -0.05) is 6.07 Å². The van der Waals surface area contributed by atoms with Crippen LogP contribution >= 0.6 is 0 Å². The molecule has 0 aliphatic carbocycles. The zero-order valence-corrected chi connectivity index (χ0v) is 11.9. The fraction of sp³-hybridized carbons (Fsp3) is 0.500. The summed E-state index contributed by atoms with van der Waals surface area (Å²) in [5, 5.41) is 0. The molecule has 1 N–H and O–H groups in total. The monoisotopic (exact) mass is 273 g/mol. The standard InChI is InChI=1S/C12H19NO4S/c1-9-5-6-11(7-10(9)2)18(14,15)13-8-12(16-3)17-4/h5-7,12-13H,8H2,1-4H3. The Morgan fingerprint density at radius 3 is 2.28 bits per heavy atom. The van der Waals surface area contributed by atoms with Crippen molar-refractivity contribution in [2.45, 2.75) is 25.0 Å². The molecule has 1 aromatic carbocycles. The molecule has 1 rings (SSSR count). The van der Waals surface area contributed by atoms with Gasteiger partial charge < -0.3 is 9.47 Å². The second kappa shape index (κ2) is 6.29. The summed E-state index contributed by atoms with van der Waals surface area (Å²) in [6.07, 6.45) is -0.591. The van der Waals surface area contributed by atoms with Gasteiger partial charge in [-0.25, -0.2) is 13.1 Å². The van der Waals surface area contributed by atoms with Crippen LogP contribution in [0.5, 0.6) is 0 Å². The highest BCUT2D eigenvalue weighted by atomic mass is 32.2. The Bertz CT molecular complexity index is 495. The lowest BCUT2D eigenvalue weighted by molar-refractivity contribution is -0.0960. The maximum Gasteiger partial charge on any atom is 0.240 e. The number of aryl methyl sites for hydroxylation is 2. The van der Waals surface area contributed by atoms with E-state index in [0.29, 0.717) is 0 Å². The van der Waals surface area contributed by atoms with Gasteiger partial charge >= 0.3 is 0 Å². The first-order valence-electron chi connectivity index (χ1n) is 5.53. The van der Waals surface area contributed by atoms with Gasteiger partial charge in [0.2, 0.25) is 10.0 Å². The van der Waals surface area contributed by atoms with Gasteiger partial charge in [-0.2, -0.15) is 0 Å². The third-order valence-corrected chi connectivity index (χ3v) is 4.18. The molecule has 1 aromatic rings. The summed E-state index contributed by atoms with van der Waals surface area (Å²) in [7, 11) is -0.611. The number of hydrogen-bond donors (Lipinski definition) is 1. The highest BCUT2D eigenvalue weighted by Crippen LogP contribution is 2.14. The second-order valence-electron chi connectivity index (χ2n) is 4.00. The highest BCUT2D eigenvalue weighted by molar-refractivity contribution is 7.89. The van der Waals surface area contributed by atoms with E-state index in [1.807, 2.05) is 13.8 Å². The molecule has 0 saturated heterocycles. The van der Waals surface area contributed by atoms with Crippen LogP contribution in [-0.4, -0.2) is 35.5 Å². The van der Waals surface area contributed by atoms with E-state index in [1.54, 1.807) is 18.2 Å². The van der Waals surface area contributed by atoms with E-state index in [4.69, 9.17) is 9.47 Å². The first-order chi connectivity index (χ1) is 8.40. The predicted octanol–water partition coefficient (Wildman–Crippen LogP) is 1.20. The molecule has 0 unspecified atom stereocenters. The molecule has 0 aliphatic heterocycles. The second-order valence-corrected chi connectivity index (χ2v) is 5.77. The van der Waals surface area contributed by atoms with Crippen LogP contribution < -0.4 is 4.72 Å². The van der Waals surface area contributed by atoms with E-state index in [9.17, 15) is 8.42 Å². The third kappa shape index (κ3) is 3.78. The lowest BCUT2D eigenvalue weighted by Gasteiger charge is -2.14. The molecule has 0 fully saturated rings. The van der Waals surface area contributed by atoms with E-state index < -0.39 is 16.3 Å². The number of rotatable bonds is 6. The molecule has 0 atom stereocenters. The molecule has 0 bridgehead atoms. The first kappa shape index (κ1) is 15.1. The van der Waals surface area contributed by atoms with Crippen LogP contribution in [0.25, 0.3) is 0 Å². The van der Waals surface area contributed by atoms with Crippen molar-refractivity contribution >= 4 is 10.0 Å². The van der Waals surface area contributed by atoms with Crippen molar-refractivity contribution in [3.05, 3.63) is 29.3 Å². The van der Waals surface area contributed by atoms with Crippen molar-refractivity contribution in [1.29, 1.82) is 0 Å². The lowest BCUT2D eigenvalue weighted by Crippen LogP contribution is -2.34. The van der Waals surface area contributed by atoms with Gasteiger partial charge in [0.25, 0.3) is 0 Å². The van der Waals surface area contributed by atoms with Crippen molar-refractivity contribution in [3.8, 4) is 0 Å². The van der Waals surface area contributed by atoms with Crippen molar-refractivity contribution in [2.24, 2.45) is 0 Å².